The summed E-state index contributed by atoms with van der Waals surface area (Å²) >= 11 is 5.94. The molecule has 0 bridgehead atoms. The second-order valence-corrected chi connectivity index (χ2v) is 4.52. The van der Waals surface area contributed by atoms with Crippen LogP contribution < -0.4 is 5.32 Å². The van der Waals surface area contributed by atoms with Crippen molar-refractivity contribution >= 4 is 23.2 Å². The van der Waals surface area contributed by atoms with Gasteiger partial charge in [-0.3, -0.25) is 9.78 Å². The van der Waals surface area contributed by atoms with Crippen LogP contribution in [-0.4, -0.2) is 31.1 Å². The van der Waals surface area contributed by atoms with E-state index in [1.54, 1.807) is 24.3 Å². The first kappa shape index (κ1) is 13.2. The van der Waals surface area contributed by atoms with Gasteiger partial charge in [-0.1, -0.05) is 17.7 Å². The van der Waals surface area contributed by atoms with Gasteiger partial charge in [0.15, 0.2) is 0 Å². The first-order valence-corrected chi connectivity index (χ1v) is 6.36. The molecule has 3 rings (SSSR count). The highest BCUT2D eigenvalue weighted by Crippen LogP contribution is 2.17. The molecule has 1 amide bonds. The fourth-order valence-corrected chi connectivity index (χ4v) is 1.97. The van der Waals surface area contributed by atoms with Gasteiger partial charge in [-0.2, -0.15) is 0 Å². The maximum atomic E-state index is 12.2. The molecule has 0 radical (unpaired) electrons. The van der Waals surface area contributed by atoms with E-state index in [9.17, 15) is 4.79 Å². The number of amides is 1. The zero-order valence-electron chi connectivity index (χ0n) is 10.6. The molecule has 0 saturated heterocycles. The Bertz CT molecular complexity index is 774. The van der Waals surface area contributed by atoms with E-state index < -0.39 is 0 Å². The standard InChI is InChI=1S/C13H9ClN6O/c14-12-7-15-5-4-11(12)13(21)17-9-2-1-3-10(6-9)20-8-16-18-19-20/h1-8H,(H,17,21). The van der Waals surface area contributed by atoms with Crippen LogP contribution in [-0.2, 0) is 0 Å². The smallest absolute Gasteiger partial charge is 0.257 e. The van der Waals surface area contributed by atoms with Crippen molar-refractivity contribution in [1.82, 2.24) is 25.2 Å². The molecule has 0 fully saturated rings. The number of anilines is 1. The Hall–Kier alpha value is -2.80. The highest BCUT2D eigenvalue weighted by molar-refractivity contribution is 6.34. The van der Waals surface area contributed by atoms with Crippen LogP contribution >= 0.6 is 11.6 Å². The van der Waals surface area contributed by atoms with Crippen LogP contribution in [0.4, 0.5) is 5.69 Å². The third-order valence-corrected chi connectivity index (χ3v) is 3.04. The van der Waals surface area contributed by atoms with E-state index in [0.717, 1.165) is 5.69 Å². The number of hydrogen-bond acceptors (Lipinski definition) is 5. The Morgan fingerprint density at radius 3 is 2.95 bits per heavy atom. The molecule has 1 N–H and O–H groups in total. The molecule has 0 unspecified atom stereocenters. The topological polar surface area (TPSA) is 85.6 Å². The average Bonchev–Trinajstić information content (AvgIpc) is 3.02. The number of hydrogen-bond donors (Lipinski definition) is 1. The van der Waals surface area contributed by atoms with Gasteiger partial charge in [-0.05, 0) is 34.7 Å². The number of rotatable bonds is 3. The summed E-state index contributed by atoms with van der Waals surface area (Å²) in [6.45, 7) is 0. The molecule has 2 aromatic heterocycles. The van der Waals surface area contributed by atoms with Crippen LogP contribution in [0.1, 0.15) is 10.4 Å². The number of aromatic nitrogens is 5. The number of halogens is 1. The molecule has 104 valence electrons. The fraction of sp³-hybridized carbons (Fsp3) is 0. The summed E-state index contributed by atoms with van der Waals surface area (Å²) in [5.41, 5.74) is 1.71. The summed E-state index contributed by atoms with van der Waals surface area (Å²) in [6.07, 6.45) is 4.41. The number of carbonyl (C=O) groups excluding carboxylic acids is 1. The lowest BCUT2D eigenvalue weighted by molar-refractivity contribution is 0.102. The Balaban J connectivity index is 1.84. The summed E-state index contributed by atoms with van der Waals surface area (Å²) in [5, 5.41) is 14.0. The third kappa shape index (κ3) is 2.87. The number of carbonyl (C=O) groups is 1. The van der Waals surface area contributed by atoms with Gasteiger partial charge in [-0.15, -0.1) is 5.10 Å². The normalized spacial score (nSPS) is 10.3. The van der Waals surface area contributed by atoms with E-state index in [4.69, 9.17) is 11.6 Å². The first-order valence-electron chi connectivity index (χ1n) is 5.98. The van der Waals surface area contributed by atoms with E-state index in [1.807, 2.05) is 6.07 Å². The molecule has 0 aliphatic carbocycles. The molecule has 1 aromatic carbocycles. The third-order valence-electron chi connectivity index (χ3n) is 2.73. The molecule has 0 saturated carbocycles. The van der Waals surface area contributed by atoms with Crippen molar-refractivity contribution in [1.29, 1.82) is 0 Å². The second kappa shape index (κ2) is 5.68. The van der Waals surface area contributed by atoms with Gasteiger partial charge < -0.3 is 5.32 Å². The van der Waals surface area contributed by atoms with Gasteiger partial charge in [0.05, 0.1) is 16.3 Å². The molecule has 2 heterocycles. The summed E-state index contributed by atoms with van der Waals surface area (Å²) < 4.78 is 1.50. The summed E-state index contributed by atoms with van der Waals surface area (Å²) in [5.74, 6) is -0.309. The predicted octanol–water partition coefficient (Wildman–Crippen LogP) is 1.96. The monoisotopic (exact) mass is 300 g/mol. The summed E-state index contributed by atoms with van der Waals surface area (Å²) in [7, 11) is 0. The second-order valence-electron chi connectivity index (χ2n) is 4.11. The van der Waals surface area contributed by atoms with Gasteiger partial charge in [0.1, 0.15) is 6.33 Å². The SMILES string of the molecule is O=C(Nc1cccc(-n2cnnn2)c1)c1ccncc1Cl. The fourth-order valence-electron chi connectivity index (χ4n) is 1.76. The quantitative estimate of drug-likeness (QED) is 0.799. The summed E-state index contributed by atoms with van der Waals surface area (Å²) in [4.78, 5) is 16.0. The van der Waals surface area contributed by atoms with Crippen molar-refractivity contribution < 1.29 is 4.79 Å². The van der Waals surface area contributed by atoms with Gasteiger partial charge in [0.2, 0.25) is 0 Å². The minimum absolute atomic E-state index is 0.298. The van der Waals surface area contributed by atoms with Crippen LogP contribution in [0.15, 0.2) is 49.1 Å². The zero-order chi connectivity index (χ0) is 14.7. The first-order chi connectivity index (χ1) is 10.2. The molecule has 0 aliphatic heterocycles. The molecule has 8 heteroatoms. The van der Waals surface area contributed by atoms with Crippen molar-refractivity contribution in [3.63, 3.8) is 0 Å². The minimum Gasteiger partial charge on any atom is -0.322 e. The average molecular weight is 301 g/mol. The molecule has 7 nitrogen and oxygen atoms in total. The van der Waals surface area contributed by atoms with Crippen LogP contribution in [0.5, 0.6) is 0 Å². The minimum atomic E-state index is -0.309. The molecule has 0 aliphatic rings. The Morgan fingerprint density at radius 1 is 1.29 bits per heavy atom. The lowest BCUT2D eigenvalue weighted by atomic mass is 10.2. The maximum Gasteiger partial charge on any atom is 0.257 e. The van der Waals surface area contributed by atoms with E-state index in [-0.39, 0.29) is 5.91 Å². The maximum absolute atomic E-state index is 12.2. The zero-order valence-corrected chi connectivity index (χ0v) is 11.4. The van der Waals surface area contributed by atoms with Crippen molar-refractivity contribution in [2.75, 3.05) is 5.32 Å². The molecule has 0 spiro atoms. The van der Waals surface area contributed by atoms with Gasteiger partial charge in [0.25, 0.3) is 5.91 Å². The van der Waals surface area contributed by atoms with Crippen molar-refractivity contribution in [3.05, 3.63) is 59.6 Å². The lowest BCUT2D eigenvalue weighted by Gasteiger charge is -2.07. The molecular formula is C13H9ClN6O. The largest absolute Gasteiger partial charge is 0.322 e. The van der Waals surface area contributed by atoms with Crippen LogP contribution in [0.2, 0.25) is 5.02 Å². The molecule has 0 atom stereocenters. The molecule has 3 aromatic rings. The van der Waals surface area contributed by atoms with Gasteiger partial charge in [-0.25, -0.2) is 4.68 Å². The predicted molar refractivity (Wildman–Crippen MR) is 76.4 cm³/mol. The van der Waals surface area contributed by atoms with Gasteiger partial charge in [0, 0.05) is 18.1 Å². The molecular weight excluding hydrogens is 292 g/mol. The number of nitrogens with zero attached hydrogens (tertiary/aromatic N) is 5. The highest BCUT2D eigenvalue weighted by Gasteiger charge is 2.10. The van der Waals surface area contributed by atoms with Crippen molar-refractivity contribution in [3.8, 4) is 5.69 Å². The Labute approximate surface area is 124 Å². The van der Waals surface area contributed by atoms with E-state index >= 15 is 0 Å². The van der Waals surface area contributed by atoms with E-state index in [1.165, 1.54) is 23.4 Å². The van der Waals surface area contributed by atoms with Crippen molar-refractivity contribution in [2.45, 2.75) is 0 Å². The van der Waals surface area contributed by atoms with Crippen LogP contribution in [0.25, 0.3) is 5.69 Å². The molecule has 21 heavy (non-hydrogen) atoms. The highest BCUT2D eigenvalue weighted by atomic mass is 35.5. The number of pyridine rings is 1. The van der Waals surface area contributed by atoms with E-state index in [2.05, 4.69) is 25.8 Å². The number of benzene rings is 1. The Morgan fingerprint density at radius 2 is 2.19 bits per heavy atom. The van der Waals surface area contributed by atoms with Crippen LogP contribution in [0, 0.1) is 0 Å². The number of tetrazole rings is 1. The lowest BCUT2D eigenvalue weighted by Crippen LogP contribution is -2.12. The Kier molecular flexibility index (Phi) is 3.57. The van der Waals surface area contributed by atoms with E-state index in [0.29, 0.717) is 16.3 Å². The van der Waals surface area contributed by atoms with Crippen molar-refractivity contribution in [2.24, 2.45) is 0 Å². The van der Waals surface area contributed by atoms with Gasteiger partial charge >= 0.3 is 0 Å². The number of nitrogens with one attached hydrogen (secondary N) is 1. The van der Waals surface area contributed by atoms with Crippen LogP contribution in [0.3, 0.4) is 0 Å². The summed E-state index contributed by atoms with van der Waals surface area (Å²) in [6, 6.07) is 8.69.